The third kappa shape index (κ3) is 13.1. The minimum Gasteiger partial charge on any atom is -0.464 e. The van der Waals surface area contributed by atoms with E-state index >= 15 is 0 Å². The molecule has 65 heavy (non-hydrogen) atoms. The SMILES string of the molecule is C=C1O[C@H](O[C@H]2[C@H](OCc3ccccc3)[C@@H](OCc3ccccc3)[C@H](OC)O[C@@H]2COCc2ccccc2)[C@H](OCc2ccccc2)[C@@H](OCc2ccccc2)[C@@H]1OCc1ccccc1. The van der Waals surface area contributed by atoms with Gasteiger partial charge in [0.15, 0.2) is 6.29 Å². The second kappa shape index (κ2) is 24.1. The first kappa shape index (κ1) is 46.0. The van der Waals surface area contributed by atoms with E-state index in [9.17, 15) is 0 Å². The van der Waals surface area contributed by atoms with Crippen LogP contribution < -0.4 is 0 Å². The Morgan fingerprint density at radius 2 is 0.754 bits per heavy atom. The summed E-state index contributed by atoms with van der Waals surface area (Å²) in [6.45, 7) is 6.25. The first-order chi connectivity index (χ1) is 32.1. The summed E-state index contributed by atoms with van der Waals surface area (Å²) in [5.41, 5.74) is 5.92. The second-order valence-electron chi connectivity index (χ2n) is 16.1. The van der Waals surface area contributed by atoms with Crippen molar-refractivity contribution in [1.82, 2.24) is 0 Å². The van der Waals surface area contributed by atoms with Crippen molar-refractivity contribution in [2.45, 2.75) is 94.9 Å². The summed E-state index contributed by atoms with van der Waals surface area (Å²) in [7, 11) is 1.60. The quantitative estimate of drug-likeness (QED) is 0.0657. The molecule has 0 aliphatic carbocycles. The van der Waals surface area contributed by atoms with Gasteiger partial charge in [-0.3, -0.25) is 0 Å². The molecule has 0 unspecified atom stereocenters. The van der Waals surface area contributed by atoms with Gasteiger partial charge in [0.2, 0.25) is 6.29 Å². The maximum absolute atomic E-state index is 7.28. The third-order valence-corrected chi connectivity index (χ3v) is 11.4. The van der Waals surface area contributed by atoms with E-state index in [-0.39, 0.29) is 33.0 Å². The van der Waals surface area contributed by atoms with E-state index in [0.717, 1.165) is 33.4 Å². The lowest BCUT2D eigenvalue weighted by Crippen LogP contribution is -2.64. The zero-order valence-corrected chi connectivity index (χ0v) is 36.8. The zero-order chi connectivity index (χ0) is 44.5. The number of hydrogen-bond donors (Lipinski definition) is 0. The van der Waals surface area contributed by atoms with Crippen LogP contribution in [0.5, 0.6) is 0 Å². The van der Waals surface area contributed by atoms with Gasteiger partial charge in [-0.2, -0.15) is 0 Å². The molecule has 2 fully saturated rings. The highest BCUT2D eigenvalue weighted by molar-refractivity contribution is 5.19. The van der Waals surface area contributed by atoms with Crippen LogP contribution in [0.2, 0.25) is 0 Å². The predicted octanol–water partition coefficient (Wildman–Crippen LogP) is 9.76. The molecule has 0 saturated carbocycles. The largest absolute Gasteiger partial charge is 0.464 e. The Morgan fingerprint density at radius 1 is 0.400 bits per heavy atom. The lowest BCUT2D eigenvalue weighted by Gasteiger charge is -2.49. The van der Waals surface area contributed by atoms with Gasteiger partial charge in [-0.15, -0.1) is 0 Å². The predicted molar refractivity (Wildman–Crippen MR) is 246 cm³/mol. The van der Waals surface area contributed by atoms with Crippen LogP contribution in [0.25, 0.3) is 0 Å². The molecule has 2 aliphatic heterocycles. The van der Waals surface area contributed by atoms with Crippen LogP contribution in [-0.2, 0) is 87.0 Å². The minimum atomic E-state index is -1.08. The smallest absolute Gasteiger partial charge is 0.229 e. The van der Waals surface area contributed by atoms with Crippen molar-refractivity contribution < 1.29 is 47.4 Å². The van der Waals surface area contributed by atoms with Crippen molar-refractivity contribution in [1.29, 1.82) is 0 Å². The highest BCUT2D eigenvalue weighted by atomic mass is 16.8. The Hall–Kier alpha value is -5.50. The summed E-state index contributed by atoms with van der Waals surface area (Å²) >= 11 is 0. The van der Waals surface area contributed by atoms with Gasteiger partial charge in [0.05, 0.1) is 46.2 Å². The number of methoxy groups -OCH3 is 1. The van der Waals surface area contributed by atoms with Crippen molar-refractivity contribution >= 4 is 0 Å². The van der Waals surface area contributed by atoms with Gasteiger partial charge in [0.1, 0.15) is 48.5 Å². The monoisotopic (exact) mass is 878 g/mol. The molecule has 0 spiro atoms. The molecular formula is C55H58O10. The van der Waals surface area contributed by atoms with Crippen LogP contribution in [0.1, 0.15) is 33.4 Å². The summed E-state index contributed by atoms with van der Waals surface area (Å²) < 4.78 is 67.4. The number of hydrogen-bond acceptors (Lipinski definition) is 10. The van der Waals surface area contributed by atoms with Crippen molar-refractivity contribution in [2.24, 2.45) is 0 Å². The van der Waals surface area contributed by atoms with E-state index in [4.69, 9.17) is 47.4 Å². The van der Waals surface area contributed by atoms with Crippen LogP contribution in [0, 0.1) is 0 Å². The Morgan fingerprint density at radius 3 is 1.17 bits per heavy atom. The number of benzene rings is 6. The molecule has 338 valence electrons. The molecule has 10 heteroatoms. The Balaban J connectivity index is 1.15. The first-order valence-electron chi connectivity index (χ1n) is 22.2. The molecule has 2 saturated heterocycles. The molecule has 0 amide bonds. The van der Waals surface area contributed by atoms with Crippen molar-refractivity contribution in [3.8, 4) is 0 Å². The molecule has 6 aromatic carbocycles. The lowest BCUT2D eigenvalue weighted by molar-refractivity contribution is -0.356. The summed E-state index contributed by atoms with van der Waals surface area (Å²) in [6.07, 6.45) is -7.28. The van der Waals surface area contributed by atoms with E-state index in [2.05, 4.69) is 6.58 Å². The van der Waals surface area contributed by atoms with Gasteiger partial charge in [0.25, 0.3) is 0 Å². The maximum atomic E-state index is 7.28. The third-order valence-electron chi connectivity index (χ3n) is 11.4. The molecular weight excluding hydrogens is 821 g/mol. The molecule has 9 atom stereocenters. The molecule has 8 rings (SSSR count). The maximum Gasteiger partial charge on any atom is 0.229 e. The number of ether oxygens (including phenoxy) is 10. The van der Waals surface area contributed by atoms with Crippen LogP contribution in [-0.4, -0.2) is 69.0 Å². The second-order valence-corrected chi connectivity index (χ2v) is 16.1. The molecule has 0 bridgehead atoms. The fourth-order valence-corrected chi connectivity index (χ4v) is 8.02. The molecule has 0 aromatic heterocycles. The lowest BCUT2D eigenvalue weighted by atomic mass is 9.97. The normalized spacial score (nSPS) is 24.3. The summed E-state index contributed by atoms with van der Waals surface area (Å²) in [4.78, 5) is 0. The van der Waals surface area contributed by atoms with Crippen molar-refractivity contribution in [3.63, 3.8) is 0 Å². The molecule has 0 N–H and O–H groups in total. The van der Waals surface area contributed by atoms with Gasteiger partial charge < -0.3 is 47.4 Å². The van der Waals surface area contributed by atoms with E-state index in [1.54, 1.807) is 7.11 Å². The van der Waals surface area contributed by atoms with E-state index in [1.165, 1.54) is 0 Å². The minimum absolute atomic E-state index is 0.135. The Labute approximate surface area is 382 Å². The molecule has 10 nitrogen and oxygen atoms in total. The van der Waals surface area contributed by atoms with Gasteiger partial charge in [-0.1, -0.05) is 189 Å². The van der Waals surface area contributed by atoms with Crippen molar-refractivity contribution in [3.05, 3.63) is 228 Å². The highest BCUT2D eigenvalue weighted by Gasteiger charge is 2.53. The van der Waals surface area contributed by atoms with E-state index in [0.29, 0.717) is 19.0 Å². The topological polar surface area (TPSA) is 92.3 Å². The van der Waals surface area contributed by atoms with Crippen LogP contribution in [0.4, 0.5) is 0 Å². The average Bonchev–Trinajstić information content (AvgIpc) is 3.36. The van der Waals surface area contributed by atoms with E-state index in [1.807, 2.05) is 182 Å². The molecule has 6 aromatic rings. The first-order valence-corrected chi connectivity index (χ1v) is 22.2. The van der Waals surface area contributed by atoms with Crippen LogP contribution in [0.3, 0.4) is 0 Å². The number of rotatable bonds is 22. The summed E-state index contributed by atoms with van der Waals surface area (Å²) in [5, 5.41) is 0. The molecule has 0 radical (unpaired) electrons. The summed E-state index contributed by atoms with van der Waals surface area (Å²) in [6, 6.07) is 59.9. The molecule has 2 aliphatic rings. The van der Waals surface area contributed by atoms with Gasteiger partial charge in [-0.05, 0) is 33.4 Å². The fourth-order valence-electron chi connectivity index (χ4n) is 8.02. The Bertz CT molecular complexity index is 2250. The van der Waals surface area contributed by atoms with Gasteiger partial charge in [0, 0.05) is 7.11 Å². The van der Waals surface area contributed by atoms with Gasteiger partial charge in [-0.25, -0.2) is 0 Å². The van der Waals surface area contributed by atoms with Gasteiger partial charge >= 0.3 is 0 Å². The summed E-state index contributed by atoms with van der Waals surface area (Å²) in [5.74, 6) is 0.338. The van der Waals surface area contributed by atoms with Crippen LogP contribution >= 0.6 is 0 Å². The van der Waals surface area contributed by atoms with Crippen LogP contribution in [0.15, 0.2) is 194 Å². The Kier molecular flexibility index (Phi) is 17.1. The zero-order valence-electron chi connectivity index (χ0n) is 36.8. The fraction of sp³-hybridized carbons (Fsp3) is 0.309. The van der Waals surface area contributed by atoms with E-state index < -0.39 is 55.3 Å². The van der Waals surface area contributed by atoms with Crippen molar-refractivity contribution in [2.75, 3.05) is 13.7 Å². The molecule has 2 heterocycles. The highest BCUT2D eigenvalue weighted by Crippen LogP contribution is 2.37. The standard InChI is InChI=1S/C55H58O10/c1-40-48(58-34-42-23-11-4-12-24-42)50(59-35-43-25-13-5-14-26-43)53(62-38-46-31-19-8-20-32-46)55(63-40)65-49-47(39-57-33-41-21-9-3-10-22-41)64-54(56-2)52(61-37-45-29-17-7-18-30-45)51(49)60-36-44-27-15-6-16-28-44/h3-32,47-55H,1,33-39H2,2H3/t47-,48-,49-,50+,51+,52-,53-,54-,55-/m1/s1. The average molecular weight is 879 g/mol.